The van der Waals surface area contributed by atoms with E-state index in [0.717, 1.165) is 75.7 Å². The van der Waals surface area contributed by atoms with Crippen molar-refractivity contribution in [2.24, 2.45) is 4.99 Å². The Labute approximate surface area is 166 Å². The fourth-order valence-corrected chi connectivity index (χ4v) is 4.72. The number of unbranched alkanes of at least 4 members (excludes halogenated alkanes) is 1. The van der Waals surface area contributed by atoms with Gasteiger partial charge in [-0.05, 0) is 51.2 Å². The quantitative estimate of drug-likeness (QED) is 0.324. The number of rotatable bonds is 10. The van der Waals surface area contributed by atoms with Crippen molar-refractivity contribution in [2.75, 3.05) is 30.7 Å². The fourth-order valence-electron chi connectivity index (χ4n) is 3.38. The third-order valence-electron chi connectivity index (χ3n) is 4.79. The van der Waals surface area contributed by atoms with Gasteiger partial charge in [0.2, 0.25) is 0 Å². The highest BCUT2D eigenvalue weighted by Gasteiger charge is 2.25. The third kappa shape index (κ3) is 8.28. The molecular weight excluding hydrogens is 358 g/mol. The summed E-state index contributed by atoms with van der Waals surface area (Å²) < 4.78 is 12.1. The van der Waals surface area contributed by atoms with Gasteiger partial charge in [-0.15, -0.1) is 0 Å². The number of nitrogens with one attached hydrogen (secondary N) is 3. The molecule has 0 aromatic carbocycles. The predicted octanol–water partition coefficient (Wildman–Crippen LogP) is 2.91. The molecule has 3 unspecified atom stereocenters. The van der Waals surface area contributed by atoms with Crippen LogP contribution in [0.5, 0.6) is 0 Å². The molecule has 1 aliphatic rings. The van der Waals surface area contributed by atoms with E-state index in [1.54, 1.807) is 6.20 Å². The molecule has 1 aromatic rings. The molecule has 1 aliphatic carbocycles. The van der Waals surface area contributed by atoms with E-state index < -0.39 is 10.8 Å². The van der Waals surface area contributed by atoms with E-state index in [1.807, 2.05) is 25.1 Å². The van der Waals surface area contributed by atoms with Gasteiger partial charge in [-0.2, -0.15) is 0 Å². The van der Waals surface area contributed by atoms with Crippen LogP contribution in [-0.4, -0.2) is 51.8 Å². The summed E-state index contributed by atoms with van der Waals surface area (Å²) in [6.07, 6.45) is 8.24. The lowest BCUT2D eigenvalue weighted by Crippen LogP contribution is -2.46. The fraction of sp³-hybridized carbons (Fsp3) is 0.700. The Bertz CT molecular complexity index is 581. The van der Waals surface area contributed by atoms with Crippen LogP contribution in [0.25, 0.3) is 0 Å². The number of anilines is 1. The summed E-state index contributed by atoms with van der Waals surface area (Å²) in [5.41, 5.74) is 0. The van der Waals surface area contributed by atoms with Crippen LogP contribution in [0, 0.1) is 0 Å². The van der Waals surface area contributed by atoms with Crippen molar-refractivity contribution in [1.29, 1.82) is 0 Å². The van der Waals surface area contributed by atoms with Gasteiger partial charge >= 0.3 is 0 Å². The number of pyridine rings is 1. The molecule has 2 rings (SSSR count). The topological polar surface area (TPSA) is 78.4 Å². The summed E-state index contributed by atoms with van der Waals surface area (Å²) in [7, 11) is -0.690. The Hall–Kier alpha value is -1.63. The molecule has 27 heavy (non-hydrogen) atoms. The molecule has 152 valence electrons. The second kappa shape index (κ2) is 12.7. The van der Waals surface area contributed by atoms with E-state index in [4.69, 9.17) is 4.99 Å². The number of hydrogen-bond acceptors (Lipinski definition) is 4. The van der Waals surface area contributed by atoms with Crippen molar-refractivity contribution in [3.05, 3.63) is 24.4 Å². The average molecular weight is 394 g/mol. The molecule has 3 atom stereocenters. The zero-order valence-corrected chi connectivity index (χ0v) is 17.6. The second-order valence-corrected chi connectivity index (χ2v) is 8.91. The molecule has 1 heterocycles. The minimum atomic E-state index is -0.690. The zero-order valence-electron chi connectivity index (χ0n) is 16.7. The van der Waals surface area contributed by atoms with E-state index in [-0.39, 0.29) is 0 Å². The summed E-state index contributed by atoms with van der Waals surface area (Å²) in [5.74, 6) is 2.58. The summed E-state index contributed by atoms with van der Waals surface area (Å²) >= 11 is 0. The normalized spacial score (nSPS) is 21.5. The largest absolute Gasteiger partial charge is 0.370 e. The Morgan fingerprint density at radius 1 is 1.30 bits per heavy atom. The number of hydrogen-bond donors (Lipinski definition) is 3. The van der Waals surface area contributed by atoms with E-state index in [9.17, 15) is 4.21 Å². The zero-order chi connectivity index (χ0) is 19.3. The highest BCUT2D eigenvalue weighted by atomic mass is 32.2. The van der Waals surface area contributed by atoms with Crippen LogP contribution in [0.1, 0.15) is 52.4 Å². The van der Waals surface area contributed by atoms with Crippen LogP contribution in [0.3, 0.4) is 0 Å². The molecule has 1 saturated carbocycles. The van der Waals surface area contributed by atoms with Crippen molar-refractivity contribution >= 4 is 22.6 Å². The van der Waals surface area contributed by atoms with Crippen LogP contribution in [0.4, 0.5) is 5.82 Å². The van der Waals surface area contributed by atoms with Crippen LogP contribution in [0.15, 0.2) is 29.4 Å². The van der Waals surface area contributed by atoms with Gasteiger partial charge in [-0.25, -0.2) is 4.98 Å². The van der Waals surface area contributed by atoms with Gasteiger partial charge in [0.1, 0.15) is 5.82 Å². The van der Waals surface area contributed by atoms with Crippen LogP contribution < -0.4 is 16.0 Å². The molecule has 0 radical (unpaired) electrons. The smallest absolute Gasteiger partial charge is 0.191 e. The number of nitrogens with zero attached hydrogens (tertiary/aromatic N) is 2. The molecule has 0 bridgehead atoms. The third-order valence-corrected chi connectivity index (χ3v) is 6.53. The molecule has 0 aliphatic heterocycles. The Morgan fingerprint density at radius 2 is 2.19 bits per heavy atom. The minimum Gasteiger partial charge on any atom is -0.370 e. The molecular formula is C20H35N5OS. The predicted molar refractivity (Wildman–Crippen MR) is 116 cm³/mol. The highest BCUT2D eigenvalue weighted by molar-refractivity contribution is 7.85. The first-order valence-corrected chi connectivity index (χ1v) is 11.7. The molecule has 1 aromatic heterocycles. The molecule has 1 fully saturated rings. The SMILES string of the molecule is CCNC(=NCCCCNc1ccccn1)NC1CCCC(S(=O)CC)C1. The van der Waals surface area contributed by atoms with Gasteiger partial charge in [-0.1, -0.05) is 19.4 Å². The van der Waals surface area contributed by atoms with E-state index >= 15 is 0 Å². The maximum atomic E-state index is 12.1. The maximum absolute atomic E-state index is 12.1. The van der Waals surface area contributed by atoms with Crippen molar-refractivity contribution in [2.45, 2.75) is 63.7 Å². The average Bonchev–Trinajstić information content (AvgIpc) is 2.71. The lowest BCUT2D eigenvalue weighted by atomic mass is 9.95. The van der Waals surface area contributed by atoms with Crippen molar-refractivity contribution in [1.82, 2.24) is 15.6 Å². The van der Waals surface area contributed by atoms with Crippen molar-refractivity contribution in [3.63, 3.8) is 0 Å². The summed E-state index contributed by atoms with van der Waals surface area (Å²) in [6, 6.07) is 6.26. The Morgan fingerprint density at radius 3 is 2.93 bits per heavy atom. The van der Waals surface area contributed by atoms with Gasteiger partial charge < -0.3 is 16.0 Å². The summed E-state index contributed by atoms with van der Waals surface area (Å²) in [5, 5.41) is 10.6. The minimum absolute atomic E-state index is 0.335. The Kier molecular flexibility index (Phi) is 10.2. The Balaban J connectivity index is 1.70. The number of aliphatic imine (C=N–C) groups is 1. The van der Waals surface area contributed by atoms with Gasteiger partial charge in [0.15, 0.2) is 5.96 Å². The van der Waals surface area contributed by atoms with Gasteiger partial charge in [0.05, 0.1) is 0 Å². The first-order chi connectivity index (χ1) is 13.2. The molecule has 0 spiro atoms. The molecule has 7 heteroatoms. The summed E-state index contributed by atoms with van der Waals surface area (Å²) in [4.78, 5) is 8.98. The van der Waals surface area contributed by atoms with Crippen LogP contribution in [-0.2, 0) is 10.8 Å². The molecule has 3 N–H and O–H groups in total. The van der Waals surface area contributed by atoms with E-state index in [1.165, 1.54) is 0 Å². The van der Waals surface area contributed by atoms with Gasteiger partial charge in [0.25, 0.3) is 0 Å². The molecule has 6 nitrogen and oxygen atoms in total. The molecule has 0 amide bonds. The number of guanidine groups is 1. The lowest BCUT2D eigenvalue weighted by molar-refractivity contribution is 0.413. The van der Waals surface area contributed by atoms with Crippen molar-refractivity contribution in [3.8, 4) is 0 Å². The van der Waals surface area contributed by atoms with Gasteiger partial charge in [-0.3, -0.25) is 9.20 Å². The van der Waals surface area contributed by atoms with E-state index in [0.29, 0.717) is 11.3 Å². The number of aromatic nitrogens is 1. The highest BCUT2D eigenvalue weighted by Crippen LogP contribution is 2.22. The second-order valence-electron chi connectivity index (χ2n) is 6.91. The molecule has 0 saturated heterocycles. The van der Waals surface area contributed by atoms with Crippen molar-refractivity contribution < 1.29 is 4.21 Å². The monoisotopic (exact) mass is 393 g/mol. The van der Waals surface area contributed by atoms with E-state index in [2.05, 4.69) is 27.9 Å². The maximum Gasteiger partial charge on any atom is 0.191 e. The van der Waals surface area contributed by atoms with Gasteiger partial charge in [0, 0.05) is 53.7 Å². The summed E-state index contributed by atoms with van der Waals surface area (Å²) in [6.45, 7) is 6.66. The van der Waals surface area contributed by atoms with Crippen LogP contribution in [0.2, 0.25) is 0 Å². The standard InChI is InChI=1S/C20H35N5OS/c1-3-21-20(25-17-10-9-11-18(16-17)27(26)4-2)24-15-8-7-14-23-19-12-5-6-13-22-19/h5-6,12-13,17-18H,3-4,7-11,14-16H2,1-2H3,(H,22,23)(H2,21,24,25). The van der Waals surface area contributed by atoms with Crippen LogP contribution >= 0.6 is 0 Å². The lowest BCUT2D eigenvalue weighted by Gasteiger charge is -2.30. The first-order valence-electron chi connectivity index (χ1n) is 10.3. The first kappa shape index (κ1) is 21.7.